The molecule has 1 unspecified atom stereocenters. The fourth-order valence-corrected chi connectivity index (χ4v) is 2.21. The summed E-state index contributed by atoms with van der Waals surface area (Å²) in [7, 11) is 0. The van der Waals surface area contributed by atoms with Crippen molar-refractivity contribution < 1.29 is 9.53 Å². The summed E-state index contributed by atoms with van der Waals surface area (Å²) in [6.45, 7) is 11.3. The first-order valence-corrected chi connectivity index (χ1v) is 8.23. The van der Waals surface area contributed by atoms with Gasteiger partial charge in [0.25, 0.3) is 11.5 Å². The average molecular weight is 343 g/mol. The summed E-state index contributed by atoms with van der Waals surface area (Å²) in [5, 5.41) is 7.08. The Morgan fingerprint density at radius 3 is 2.44 bits per heavy atom. The molecule has 2 rings (SSSR count). The van der Waals surface area contributed by atoms with Gasteiger partial charge in [0.15, 0.2) is 6.10 Å². The van der Waals surface area contributed by atoms with Crippen LogP contribution < -0.4 is 15.6 Å². The van der Waals surface area contributed by atoms with Gasteiger partial charge in [0.2, 0.25) is 5.88 Å². The van der Waals surface area contributed by atoms with Crippen molar-refractivity contribution in [1.29, 1.82) is 0 Å². The van der Waals surface area contributed by atoms with E-state index in [0.717, 1.165) is 11.1 Å². The number of hydrogen-bond donors (Lipinski definition) is 1. The predicted octanol–water partition coefficient (Wildman–Crippen LogP) is 2.53. The summed E-state index contributed by atoms with van der Waals surface area (Å²) >= 11 is 0. The van der Waals surface area contributed by atoms with Crippen LogP contribution in [0.5, 0.6) is 5.88 Å². The fraction of sp³-hybridized carbons (Fsp3) is 0.421. The molecule has 6 heteroatoms. The lowest BCUT2D eigenvalue weighted by Crippen LogP contribution is -2.46. The number of amides is 1. The van der Waals surface area contributed by atoms with Gasteiger partial charge in [0.05, 0.1) is 5.69 Å². The van der Waals surface area contributed by atoms with E-state index >= 15 is 0 Å². The molecule has 1 atom stereocenters. The molecule has 0 radical (unpaired) electrons. The minimum atomic E-state index is -0.725. The van der Waals surface area contributed by atoms with Crippen molar-refractivity contribution in [2.24, 2.45) is 0 Å². The number of aryl methyl sites for hydroxylation is 2. The molecule has 2 aromatic rings. The number of carbonyl (C=O) groups is 1. The van der Waals surface area contributed by atoms with E-state index in [0.29, 0.717) is 5.69 Å². The van der Waals surface area contributed by atoms with Crippen LogP contribution in [0.1, 0.15) is 38.8 Å². The van der Waals surface area contributed by atoms with Crippen LogP contribution in [-0.2, 0) is 4.79 Å². The van der Waals surface area contributed by atoms with Crippen molar-refractivity contribution in [3.63, 3.8) is 0 Å². The van der Waals surface area contributed by atoms with E-state index in [9.17, 15) is 9.59 Å². The smallest absolute Gasteiger partial charge is 0.271 e. The lowest BCUT2D eigenvalue weighted by molar-refractivity contribution is -0.128. The number of aromatic nitrogens is 2. The van der Waals surface area contributed by atoms with Gasteiger partial charge in [-0.3, -0.25) is 9.59 Å². The van der Waals surface area contributed by atoms with Crippen LogP contribution in [0.2, 0.25) is 0 Å². The van der Waals surface area contributed by atoms with Gasteiger partial charge in [-0.2, -0.15) is 4.68 Å². The predicted molar refractivity (Wildman–Crippen MR) is 97.3 cm³/mol. The molecule has 0 saturated heterocycles. The Kier molecular flexibility index (Phi) is 5.30. The maximum atomic E-state index is 12.1. The van der Waals surface area contributed by atoms with Crippen LogP contribution in [0.25, 0.3) is 5.69 Å². The second kappa shape index (κ2) is 7.09. The minimum absolute atomic E-state index is 0.217. The van der Waals surface area contributed by atoms with Gasteiger partial charge in [-0.05, 0) is 64.8 Å². The van der Waals surface area contributed by atoms with Crippen molar-refractivity contribution in [1.82, 2.24) is 15.1 Å². The zero-order valence-electron chi connectivity index (χ0n) is 15.6. The van der Waals surface area contributed by atoms with Crippen LogP contribution in [0.15, 0.2) is 35.1 Å². The fourth-order valence-electron chi connectivity index (χ4n) is 2.21. The second-order valence-corrected chi connectivity index (χ2v) is 7.19. The van der Waals surface area contributed by atoms with E-state index in [1.54, 1.807) is 6.92 Å². The average Bonchev–Trinajstić information content (AvgIpc) is 2.50. The van der Waals surface area contributed by atoms with Gasteiger partial charge < -0.3 is 10.1 Å². The molecule has 134 valence electrons. The van der Waals surface area contributed by atoms with Crippen molar-refractivity contribution >= 4 is 5.91 Å². The van der Waals surface area contributed by atoms with Crippen molar-refractivity contribution in [2.75, 3.05) is 0 Å². The maximum Gasteiger partial charge on any atom is 0.271 e. The Labute approximate surface area is 147 Å². The maximum absolute atomic E-state index is 12.1. The van der Waals surface area contributed by atoms with Gasteiger partial charge >= 0.3 is 0 Å². The summed E-state index contributed by atoms with van der Waals surface area (Å²) in [4.78, 5) is 24.3. The van der Waals surface area contributed by atoms with Crippen molar-refractivity contribution in [3.05, 3.63) is 51.8 Å². The molecule has 1 aromatic heterocycles. The third-order valence-electron chi connectivity index (χ3n) is 3.68. The molecule has 25 heavy (non-hydrogen) atoms. The largest absolute Gasteiger partial charge is 0.464 e. The molecule has 0 spiro atoms. The molecule has 0 aliphatic carbocycles. The van der Waals surface area contributed by atoms with Crippen molar-refractivity contribution in [3.8, 4) is 11.6 Å². The van der Waals surface area contributed by atoms with Gasteiger partial charge in [0.1, 0.15) is 0 Å². The molecule has 1 heterocycles. The number of ether oxygens (including phenoxy) is 1. The van der Waals surface area contributed by atoms with Crippen LogP contribution >= 0.6 is 0 Å². The Hall–Kier alpha value is -2.63. The number of hydrogen-bond acceptors (Lipinski definition) is 4. The van der Waals surface area contributed by atoms with Gasteiger partial charge in [0, 0.05) is 17.7 Å². The molecule has 1 aromatic carbocycles. The second-order valence-electron chi connectivity index (χ2n) is 7.19. The zero-order valence-corrected chi connectivity index (χ0v) is 15.6. The molecule has 0 aliphatic heterocycles. The monoisotopic (exact) mass is 343 g/mol. The normalized spacial score (nSPS) is 12.6. The SMILES string of the molecule is Cc1ccc(-n2nc(OC(C)C(=O)NC(C)(C)C)ccc2=O)cc1C. The Morgan fingerprint density at radius 2 is 1.84 bits per heavy atom. The summed E-state index contributed by atoms with van der Waals surface area (Å²) in [5.74, 6) is -0.0207. The molecule has 0 fully saturated rings. The third-order valence-corrected chi connectivity index (χ3v) is 3.68. The third kappa shape index (κ3) is 4.92. The molecular formula is C19H25N3O3. The minimum Gasteiger partial charge on any atom is -0.464 e. The number of nitrogens with zero attached hydrogens (tertiary/aromatic N) is 2. The summed E-state index contributed by atoms with van der Waals surface area (Å²) < 4.78 is 6.88. The molecule has 0 aliphatic rings. The summed E-state index contributed by atoms with van der Waals surface area (Å²) in [6.07, 6.45) is -0.725. The molecule has 0 bridgehead atoms. The van der Waals surface area contributed by atoms with Crippen LogP contribution in [-0.4, -0.2) is 27.3 Å². The van der Waals surface area contributed by atoms with Gasteiger partial charge in [-0.15, -0.1) is 5.10 Å². The van der Waals surface area contributed by atoms with E-state index in [4.69, 9.17) is 4.74 Å². The first-order valence-electron chi connectivity index (χ1n) is 8.23. The molecule has 1 N–H and O–H groups in total. The molecule has 0 saturated carbocycles. The molecule has 6 nitrogen and oxygen atoms in total. The number of benzene rings is 1. The highest BCUT2D eigenvalue weighted by Gasteiger charge is 2.21. The number of carbonyl (C=O) groups excluding carboxylic acids is 1. The highest BCUT2D eigenvalue weighted by atomic mass is 16.5. The van der Waals surface area contributed by atoms with E-state index in [1.165, 1.54) is 16.8 Å². The van der Waals surface area contributed by atoms with E-state index in [2.05, 4.69) is 10.4 Å². The standard InChI is InChI=1S/C19H25N3O3/c1-12-7-8-15(11-13(12)2)22-17(23)10-9-16(21-22)25-14(3)18(24)20-19(4,5)6/h7-11,14H,1-6H3,(H,20,24). The van der Waals surface area contributed by atoms with E-state index < -0.39 is 6.10 Å². The summed E-state index contributed by atoms with van der Waals surface area (Å²) in [6, 6.07) is 8.51. The highest BCUT2D eigenvalue weighted by molar-refractivity contribution is 5.81. The first-order chi connectivity index (χ1) is 11.6. The van der Waals surface area contributed by atoms with E-state index in [1.807, 2.05) is 52.8 Å². The van der Waals surface area contributed by atoms with Crippen molar-refractivity contribution in [2.45, 2.75) is 53.2 Å². The molecular weight excluding hydrogens is 318 g/mol. The molecule has 1 amide bonds. The van der Waals surface area contributed by atoms with E-state index in [-0.39, 0.29) is 22.9 Å². The highest BCUT2D eigenvalue weighted by Crippen LogP contribution is 2.14. The van der Waals surface area contributed by atoms with Gasteiger partial charge in [-0.25, -0.2) is 0 Å². The Balaban J connectivity index is 2.25. The van der Waals surface area contributed by atoms with Crippen LogP contribution in [0, 0.1) is 13.8 Å². The lowest BCUT2D eigenvalue weighted by Gasteiger charge is -2.23. The number of nitrogens with one attached hydrogen (secondary N) is 1. The lowest BCUT2D eigenvalue weighted by atomic mass is 10.1. The Morgan fingerprint density at radius 1 is 1.16 bits per heavy atom. The topological polar surface area (TPSA) is 73.2 Å². The quantitative estimate of drug-likeness (QED) is 0.926. The number of rotatable bonds is 4. The van der Waals surface area contributed by atoms with Crippen LogP contribution in [0.3, 0.4) is 0 Å². The Bertz CT molecular complexity index is 835. The van der Waals surface area contributed by atoms with Gasteiger partial charge in [-0.1, -0.05) is 6.07 Å². The first kappa shape index (κ1) is 18.7. The summed E-state index contributed by atoms with van der Waals surface area (Å²) in [5.41, 5.74) is 2.25. The zero-order chi connectivity index (χ0) is 18.8. The van der Waals surface area contributed by atoms with Crippen LogP contribution in [0.4, 0.5) is 0 Å².